The molecule has 5 rings (SSSR count). The molecule has 0 saturated carbocycles. The SMILES string of the molecule is CCN1C(=O)C(C)(C)C(=O)N(C)c2cc(CCCN(CCn3cc(C)c4oc(C)cc4c3=O)Cc3nc(C)cs3)ccc21. The first-order valence-electron chi connectivity index (χ1n) is 14.9. The highest BCUT2D eigenvalue weighted by Gasteiger charge is 2.45. The van der Waals surface area contributed by atoms with Crippen molar-refractivity contribution in [3.63, 3.8) is 0 Å². The molecule has 0 aliphatic carbocycles. The van der Waals surface area contributed by atoms with Crippen molar-refractivity contribution in [2.75, 3.05) is 36.5 Å². The number of nitrogens with zero attached hydrogens (tertiary/aromatic N) is 5. The Morgan fingerprint density at radius 1 is 1.02 bits per heavy atom. The molecule has 10 heteroatoms. The number of amides is 2. The molecule has 0 spiro atoms. The van der Waals surface area contributed by atoms with Crippen LogP contribution in [0.3, 0.4) is 0 Å². The Morgan fingerprint density at radius 3 is 2.49 bits per heavy atom. The van der Waals surface area contributed by atoms with E-state index in [1.54, 1.807) is 46.6 Å². The van der Waals surface area contributed by atoms with Crippen molar-refractivity contribution < 1.29 is 14.0 Å². The highest BCUT2D eigenvalue weighted by atomic mass is 32.1. The largest absolute Gasteiger partial charge is 0.461 e. The lowest BCUT2D eigenvalue weighted by atomic mass is 9.90. The number of hydrogen-bond donors (Lipinski definition) is 0. The minimum absolute atomic E-state index is 0.0334. The Balaban J connectivity index is 1.32. The van der Waals surface area contributed by atoms with Crippen molar-refractivity contribution >= 4 is 45.5 Å². The lowest BCUT2D eigenvalue weighted by molar-refractivity contribution is -0.137. The van der Waals surface area contributed by atoms with E-state index in [1.165, 1.54) is 0 Å². The van der Waals surface area contributed by atoms with Crippen molar-refractivity contribution in [3.8, 4) is 0 Å². The third-order valence-corrected chi connectivity index (χ3v) is 9.26. The number of pyridine rings is 1. The molecule has 228 valence electrons. The van der Waals surface area contributed by atoms with Crippen LogP contribution < -0.4 is 15.4 Å². The van der Waals surface area contributed by atoms with E-state index in [0.29, 0.717) is 37.1 Å². The van der Waals surface area contributed by atoms with E-state index >= 15 is 0 Å². The summed E-state index contributed by atoms with van der Waals surface area (Å²) >= 11 is 1.66. The molecule has 3 aromatic heterocycles. The fraction of sp³-hybridized carbons (Fsp3) is 0.455. The smallest absolute Gasteiger partial charge is 0.261 e. The highest BCUT2D eigenvalue weighted by molar-refractivity contribution is 7.09. The van der Waals surface area contributed by atoms with Crippen LogP contribution in [0.25, 0.3) is 11.0 Å². The molecule has 0 saturated heterocycles. The van der Waals surface area contributed by atoms with Gasteiger partial charge in [0.2, 0.25) is 11.8 Å². The maximum atomic E-state index is 13.2. The fourth-order valence-electron chi connectivity index (χ4n) is 5.93. The van der Waals surface area contributed by atoms with Gasteiger partial charge in [0.25, 0.3) is 5.56 Å². The van der Waals surface area contributed by atoms with Gasteiger partial charge in [-0.2, -0.15) is 0 Å². The van der Waals surface area contributed by atoms with Crippen LogP contribution in [-0.4, -0.2) is 52.9 Å². The Morgan fingerprint density at radius 2 is 1.79 bits per heavy atom. The second-order valence-electron chi connectivity index (χ2n) is 12.0. The summed E-state index contributed by atoms with van der Waals surface area (Å²) in [5.74, 6) is 0.355. The number of anilines is 2. The van der Waals surface area contributed by atoms with Crippen LogP contribution in [-0.2, 0) is 29.1 Å². The van der Waals surface area contributed by atoms with Crippen molar-refractivity contribution in [1.82, 2.24) is 14.5 Å². The summed E-state index contributed by atoms with van der Waals surface area (Å²) in [6, 6.07) is 7.89. The first-order valence-corrected chi connectivity index (χ1v) is 15.7. The predicted molar refractivity (Wildman–Crippen MR) is 172 cm³/mol. The van der Waals surface area contributed by atoms with E-state index in [9.17, 15) is 14.4 Å². The van der Waals surface area contributed by atoms with Crippen LogP contribution >= 0.6 is 11.3 Å². The van der Waals surface area contributed by atoms with Crippen LogP contribution in [0.15, 0.2) is 45.1 Å². The van der Waals surface area contributed by atoms with E-state index in [-0.39, 0.29) is 17.4 Å². The maximum Gasteiger partial charge on any atom is 0.261 e. The van der Waals surface area contributed by atoms with Crippen LogP contribution in [0.2, 0.25) is 0 Å². The fourth-order valence-corrected chi connectivity index (χ4v) is 6.75. The molecule has 4 heterocycles. The van der Waals surface area contributed by atoms with Crippen LogP contribution in [0.4, 0.5) is 11.4 Å². The molecule has 43 heavy (non-hydrogen) atoms. The van der Waals surface area contributed by atoms with Crippen molar-refractivity contribution in [3.05, 3.63) is 73.8 Å². The van der Waals surface area contributed by atoms with E-state index < -0.39 is 5.41 Å². The molecule has 1 aliphatic rings. The number of thiazole rings is 1. The minimum atomic E-state index is -1.12. The Hall–Kier alpha value is -3.76. The predicted octanol–water partition coefficient (Wildman–Crippen LogP) is 5.47. The Labute approximate surface area is 256 Å². The maximum absolute atomic E-state index is 13.2. The van der Waals surface area contributed by atoms with Gasteiger partial charge in [-0.05, 0) is 84.7 Å². The van der Waals surface area contributed by atoms with E-state index in [0.717, 1.165) is 58.3 Å². The standard InChI is InChI=1S/C33H41N5O4S/c1-8-38-26-12-11-24(17-27(26)35(7)31(40)33(5,6)32(38)41)10-9-13-36(19-28-34-22(3)20-43-28)14-15-37-18-21(2)29-25(30(37)39)16-23(4)42-29/h11-12,16-18,20H,8-10,13-15,19H2,1-7H3. The first-order chi connectivity index (χ1) is 20.4. The molecular weight excluding hydrogens is 562 g/mol. The second kappa shape index (κ2) is 12.1. The zero-order valence-electron chi connectivity index (χ0n) is 26.2. The molecule has 2 amide bonds. The third kappa shape index (κ3) is 6.03. The number of fused-ring (bicyclic) bond motifs is 2. The number of aryl methyl sites for hydroxylation is 4. The van der Waals surface area contributed by atoms with Gasteiger partial charge in [0.1, 0.15) is 21.8 Å². The average molecular weight is 604 g/mol. The summed E-state index contributed by atoms with van der Waals surface area (Å²) in [5.41, 5.74) is 4.11. The van der Waals surface area contributed by atoms with Gasteiger partial charge in [-0.3, -0.25) is 19.3 Å². The number of rotatable bonds is 10. The summed E-state index contributed by atoms with van der Waals surface area (Å²) in [6.07, 6.45) is 3.58. The van der Waals surface area contributed by atoms with E-state index in [4.69, 9.17) is 4.42 Å². The van der Waals surface area contributed by atoms with Gasteiger partial charge >= 0.3 is 0 Å². The van der Waals surface area contributed by atoms with Crippen molar-refractivity contribution in [2.45, 2.75) is 67.5 Å². The number of carbonyl (C=O) groups excluding carboxylic acids is 2. The van der Waals surface area contributed by atoms with Gasteiger partial charge in [0.05, 0.1) is 23.3 Å². The summed E-state index contributed by atoms with van der Waals surface area (Å²) in [6.45, 7) is 14.5. The molecule has 1 aromatic carbocycles. The van der Waals surface area contributed by atoms with Crippen LogP contribution in [0, 0.1) is 26.2 Å². The monoisotopic (exact) mass is 603 g/mol. The third-order valence-electron chi connectivity index (χ3n) is 8.30. The first kappa shape index (κ1) is 30.7. The van der Waals surface area contributed by atoms with Crippen molar-refractivity contribution in [2.24, 2.45) is 5.41 Å². The number of benzene rings is 1. The van der Waals surface area contributed by atoms with E-state index in [1.807, 2.05) is 52.1 Å². The summed E-state index contributed by atoms with van der Waals surface area (Å²) in [5, 5.41) is 3.74. The van der Waals surface area contributed by atoms with Gasteiger partial charge in [-0.1, -0.05) is 6.07 Å². The quantitative estimate of drug-likeness (QED) is 0.224. The number of carbonyl (C=O) groups is 2. The molecule has 0 fully saturated rings. The van der Waals surface area contributed by atoms with Gasteiger partial charge < -0.3 is 18.8 Å². The lowest BCUT2D eigenvalue weighted by Gasteiger charge is -2.27. The van der Waals surface area contributed by atoms with Crippen LogP contribution in [0.5, 0.6) is 0 Å². The minimum Gasteiger partial charge on any atom is -0.461 e. The number of furan rings is 1. The second-order valence-corrected chi connectivity index (χ2v) is 13.0. The molecule has 9 nitrogen and oxygen atoms in total. The molecular formula is C33H41N5O4S. The normalized spacial score (nSPS) is 15.1. The summed E-state index contributed by atoms with van der Waals surface area (Å²) in [4.78, 5) is 50.0. The van der Waals surface area contributed by atoms with Crippen LogP contribution in [0.1, 0.15) is 54.8 Å². The number of aromatic nitrogens is 2. The molecule has 4 aromatic rings. The Bertz CT molecular complexity index is 1730. The Kier molecular flexibility index (Phi) is 8.63. The summed E-state index contributed by atoms with van der Waals surface area (Å²) < 4.78 is 7.53. The molecule has 0 bridgehead atoms. The highest BCUT2D eigenvalue weighted by Crippen LogP contribution is 2.39. The molecule has 0 N–H and O–H groups in total. The van der Waals surface area contributed by atoms with Gasteiger partial charge in [-0.15, -0.1) is 11.3 Å². The lowest BCUT2D eigenvalue weighted by Crippen LogP contribution is -2.47. The van der Waals surface area contributed by atoms with Gasteiger partial charge in [0.15, 0.2) is 0 Å². The molecule has 0 radical (unpaired) electrons. The van der Waals surface area contributed by atoms with Gasteiger partial charge in [0, 0.05) is 49.5 Å². The van der Waals surface area contributed by atoms with E-state index in [2.05, 4.69) is 21.3 Å². The average Bonchev–Trinajstić information content (AvgIpc) is 3.57. The summed E-state index contributed by atoms with van der Waals surface area (Å²) in [7, 11) is 1.75. The zero-order valence-corrected chi connectivity index (χ0v) is 27.0. The molecule has 0 atom stereocenters. The number of hydrogen-bond acceptors (Lipinski definition) is 7. The molecule has 0 unspecified atom stereocenters. The topological polar surface area (TPSA) is 91.9 Å². The van der Waals surface area contributed by atoms with Crippen molar-refractivity contribution in [1.29, 1.82) is 0 Å². The molecule has 1 aliphatic heterocycles. The zero-order chi connectivity index (χ0) is 31.1. The van der Waals surface area contributed by atoms with Gasteiger partial charge in [-0.25, -0.2) is 4.98 Å².